The molecular formula is C27H33N3O6S2. The van der Waals surface area contributed by atoms with Crippen LogP contribution in [0.4, 0.5) is 0 Å². The minimum atomic E-state index is -4.30. The molecule has 0 amide bonds. The van der Waals surface area contributed by atoms with Crippen molar-refractivity contribution in [1.29, 1.82) is 0 Å². The van der Waals surface area contributed by atoms with Crippen molar-refractivity contribution in [3.63, 3.8) is 0 Å². The molecule has 5 rings (SSSR count). The Morgan fingerprint density at radius 2 is 1.87 bits per heavy atom. The van der Waals surface area contributed by atoms with Crippen molar-refractivity contribution in [2.24, 2.45) is 16.7 Å². The molecule has 38 heavy (non-hydrogen) atoms. The zero-order valence-corrected chi connectivity index (χ0v) is 24.3. The van der Waals surface area contributed by atoms with Gasteiger partial charge in [-0.05, 0) is 50.2 Å². The van der Waals surface area contributed by atoms with Crippen LogP contribution in [0.3, 0.4) is 0 Å². The quantitative estimate of drug-likeness (QED) is 0.427. The van der Waals surface area contributed by atoms with Gasteiger partial charge in [0.2, 0.25) is 5.16 Å². The largest absolute Gasteiger partial charge is 0.497 e. The molecule has 2 aromatic heterocycles. The molecule has 11 heteroatoms. The average molecular weight is 560 g/mol. The Kier molecular flexibility index (Phi) is 6.26. The molecule has 2 fully saturated rings. The number of carbonyl (C=O) groups excluding carboxylic acids is 1. The van der Waals surface area contributed by atoms with Gasteiger partial charge in [0, 0.05) is 28.8 Å². The van der Waals surface area contributed by atoms with Gasteiger partial charge in [0.25, 0.3) is 10.0 Å². The molecule has 9 nitrogen and oxygen atoms in total. The number of fused-ring (bicyclic) bond motifs is 3. The maximum Gasteiger partial charge on any atom is 0.251 e. The summed E-state index contributed by atoms with van der Waals surface area (Å²) < 4.78 is 54.5. The van der Waals surface area contributed by atoms with Crippen LogP contribution in [0.15, 0.2) is 29.6 Å². The van der Waals surface area contributed by atoms with Crippen LogP contribution in [0, 0.1) is 30.6 Å². The summed E-state index contributed by atoms with van der Waals surface area (Å²) in [7, 11) is -3.14. The lowest BCUT2D eigenvalue weighted by atomic mass is 9.70. The average Bonchev–Trinajstić information content (AvgIpc) is 3.41. The molecule has 2 bridgehead atoms. The van der Waals surface area contributed by atoms with E-state index in [2.05, 4.69) is 9.97 Å². The molecule has 204 valence electrons. The van der Waals surface area contributed by atoms with Crippen molar-refractivity contribution in [2.45, 2.75) is 63.6 Å². The summed E-state index contributed by atoms with van der Waals surface area (Å²) in [5.74, 6) is 0.450. The first-order chi connectivity index (χ1) is 17.8. The Balaban J connectivity index is 1.67. The summed E-state index contributed by atoms with van der Waals surface area (Å²) in [6.45, 7) is 9.53. The molecule has 2 aliphatic rings. The topological polar surface area (TPSA) is 117 Å². The number of methoxy groups -OCH3 is 2. The minimum Gasteiger partial charge on any atom is -0.497 e. The highest BCUT2D eigenvalue weighted by molar-refractivity contribution is 7.92. The van der Waals surface area contributed by atoms with Gasteiger partial charge in [-0.3, -0.25) is 14.0 Å². The van der Waals surface area contributed by atoms with E-state index in [1.807, 2.05) is 34.6 Å². The van der Waals surface area contributed by atoms with Crippen molar-refractivity contribution in [3.05, 3.63) is 41.2 Å². The van der Waals surface area contributed by atoms with Crippen LogP contribution < -0.4 is 9.47 Å². The zero-order valence-electron chi connectivity index (χ0n) is 22.7. The van der Waals surface area contributed by atoms with E-state index in [-0.39, 0.29) is 28.1 Å². The summed E-state index contributed by atoms with van der Waals surface area (Å²) >= 11 is 0. The van der Waals surface area contributed by atoms with Gasteiger partial charge in [0.15, 0.2) is 5.78 Å². The molecule has 4 atom stereocenters. The van der Waals surface area contributed by atoms with Gasteiger partial charge in [-0.15, -0.1) is 0 Å². The monoisotopic (exact) mass is 559 g/mol. The van der Waals surface area contributed by atoms with Gasteiger partial charge in [0.05, 0.1) is 47.5 Å². The highest BCUT2D eigenvalue weighted by Gasteiger charge is 2.69. The van der Waals surface area contributed by atoms with Crippen LogP contribution in [0.1, 0.15) is 50.4 Å². The number of pyridine rings is 1. The fourth-order valence-electron chi connectivity index (χ4n) is 6.40. The van der Waals surface area contributed by atoms with Gasteiger partial charge in [-0.25, -0.2) is 17.4 Å². The zero-order chi connectivity index (χ0) is 27.8. The first-order valence-corrected chi connectivity index (χ1v) is 15.3. The van der Waals surface area contributed by atoms with Crippen LogP contribution in [-0.2, 0) is 31.4 Å². The molecule has 2 aliphatic carbocycles. The van der Waals surface area contributed by atoms with Crippen molar-refractivity contribution in [3.8, 4) is 11.5 Å². The third-order valence-corrected chi connectivity index (χ3v) is 12.5. The first-order valence-electron chi connectivity index (χ1n) is 12.5. The second-order valence-corrected chi connectivity index (χ2v) is 14.3. The number of hydrogen-bond acceptors (Lipinski definition) is 8. The van der Waals surface area contributed by atoms with E-state index >= 15 is 0 Å². The smallest absolute Gasteiger partial charge is 0.251 e. The molecule has 3 aromatic rings. The maximum absolute atomic E-state index is 14.4. The van der Waals surface area contributed by atoms with Crippen molar-refractivity contribution in [1.82, 2.24) is 13.9 Å². The van der Waals surface area contributed by atoms with Gasteiger partial charge in [0.1, 0.15) is 16.7 Å². The lowest BCUT2D eigenvalue weighted by Crippen LogP contribution is -2.42. The Morgan fingerprint density at radius 3 is 2.47 bits per heavy atom. The van der Waals surface area contributed by atoms with Crippen molar-refractivity contribution >= 4 is 37.6 Å². The minimum absolute atomic E-state index is 0.0658. The van der Waals surface area contributed by atoms with E-state index in [0.29, 0.717) is 35.6 Å². The Morgan fingerprint density at radius 1 is 1.16 bits per heavy atom. The molecule has 0 saturated heterocycles. The number of hydrogen-bond donors (Lipinski definition) is 0. The highest BCUT2D eigenvalue weighted by atomic mass is 32.2. The summed E-state index contributed by atoms with van der Waals surface area (Å²) in [6, 6.07) is 4.82. The first kappa shape index (κ1) is 26.8. The number of imidazole rings is 1. The molecule has 0 spiro atoms. The van der Waals surface area contributed by atoms with Crippen LogP contribution in [-0.4, -0.2) is 51.8 Å². The number of carbonyl (C=O) groups is 1. The molecule has 4 unspecified atom stereocenters. The third-order valence-electron chi connectivity index (χ3n) is 9.06. The van der Waals surface area contributed by atoms with Gasteiger partial charge in [-0.2, -0.15) is 0 Å². The van der Waals surface area contributed by atoms with Crippen LogP contribution in [0.2, 0.25) is 0 Å². The predicted molar refractivity (Wildman–Crippen MR) is 144 cm³/mol. The number of rotatable bonds is 7. The maximum atomic E-state index is 14.4. The Labute approximate surface area is 225 Å². The normalized spacial score (nSPS) is 25.2. The lowest BCUT2D eigenvalue weighted by Gasteiger charge is -2.32. The van der Waals surface area contributed by atoms with Crippen molar-refractivity contribution < 1.29 is 26.9 Å². The molecular weight excluding hydrogens is 526 g/mol. The SMILES string of the molecule is COc1ccc2c(c1)nc(S(=O)Cc1ncc(C)c(OC)c1C)n2S(=O)(=O)C1C(=O)C2(C)CCC1C2(C)C. The molecule has 0 aliphatic heterocycles. The molecule has 0 radical (unpaired) electrons. The number of aryl methyl sites for hydroxylation is 1. The van der Waals surface area contributed by atoms with E-state index in [1.165, 1.54) is 7.11 Å². The fourth-order valence-corrected chi connectivity index (χ4v) is 10.4. The predicted octanol–water partition coefficient (Wildman–Crippen LogP) is 3.94. The van der Waals surface area contributed by atoms with Crippen LogP contribution in [0.5, 0.6) is 11.5 Å². The number of nitrogens with zero attached hydrogens (tertiary/aromatic N) is 3. The van der Waals surface area contributed by atoms with Gasteiger partial charge < -0.3 is 9.47 Å². The van der Waals surface area contributed by atoms with E-state index in [0.717, 1.165) is 15.1 Å². The van der Waals surface area contributed by atoms with Gasteiger partial charge >= 0.3 is 0 Å². The number of benzene rings is 1. The van der Waals surface area contributed by atoms with E-state index in [1.54, 1.807) is 31.5 Å². The summed E-state index contributed by atoms with van der Waals surface area (Å²) in [4.78, 5) is 22.6. The van der Waals surface area contributed by atoms with Gasteiger partial charge in [-0.1, -0.05) is 20.8 Å². The van der Waals surface area contributed by atoms with E-state index < -0.39 is 36.9 Å². The summed E-state index contributed by atoms with van der Waals surface area (Å²) in [6.07, 6.45) is 2.94. The summed E-state index contributed by atoms with van der Waals surface area (Å²) in [5.41, 5.74) is 1.47. The molecule has 2 heterocycles. The molecule has 2 saturated carbocycles. The number of ketones is 1. The van der Waals surface area contributed by atoms with Crippen LogP contribution >= 0.6 is 0 Å². The molecule has 1 aromatic carbocycles. The number of ether oxygens (including phenoxy) is 2. The van der Waals surface area contributed by atoms with Crippen molar-refractivity contribution in [2.75, 3.05) is 14.2 Å². The van der Waals surface area contributed by atoms with Crippen LogP contribution in [0.25, 0.3) is 11.0 Å². The fraction of sp³-hybridized carbons (Fsp3) is 0.519. The van der Waals surface area contributed by atoms with E-state index in [9.17, 15) is 17.4 Å². The number of aromatic nitrogens is 3. The third kappa shape index (κ3) is 3.57. The number of Topliss-reactive ketones (excluding diaryl/α,β-unsaturated/α-hetero) is 1. The Bertz CT molecular complexity index is 1610. The second kappa shape index (κ2) is 8.87. The standard InChI is InChI=1S/C27H33N3O6S2/c1-15-13-28-20(16(2)22(15)36-7)14-37(32)25-29-19-12-17(35-6)8-9-21(19)30(25)38(33,34)23-18-10-11-27(5,24(23)31)26(18,3)4/h8-9,12-13,18,23H,10-11,14H2,1-7H3. The van der Waals surface area contributed by atoms with E-state index in [4.69, 9.17) is 9.47 Å². The Hall–Kier alpha value is -2.79. The lowest BCUT2D eigenvalue weighted by molar-refractivity contribution is -0.127. The second-order valence-electron chi connectivity index (χ2n) is 11.1. The summed E-state index contributed by atoms with van der Waals surface area (Å²) in [5, 5.41) is -1.36. The highest BCUT2D eigenvalue weighted by Crippen LogP contribution is 2.65. The molecule has 0 N–H and O–H groups in total.